The van der Waals surface area contributed by atoms with Crippen molar-refractivity contribution in [3.8, 4) is 0 Å². The molecule has 0 unspecified atom stereocenters. The summed E-state index contributed by atoms with van der Waals surface area (Å²) in [4.78, 5) is 24.6. The first kappa shape index (κ1) is 16.7. The number of nitrogens with zero attached hydrogens (tertiary/aromatic N) is 2. The number of nitrogens with one attached hydrogen (secondary N) is 1. The van der Waals surface area contributed by atoms with Crippen molar-refractivity contribution in [2.24, 2.45) is 0 Å². The Labute approximate surface area is 146 Å². The third kappa shape index (κ3) is 3.36. The van der Waals surface area contributed by atoms with Crippen LogP contribution in [-0.4, -0.2) is 33.9 Å². The highest BCUT2D eigenvalue weighted by Gasteiger charge is 2.17. The summed E-state index contributed by atoms with van der Waals surface area (Å²) in [6.45, 7) is 9.58. The third-order valence-corrected chi connectivity index (χ3v) is 5.49. The molecule has 0 aliphatic carbocycles. The van der Waals surface area contributed by atoms with Crippen LogP contribution in [0.5, 0.6) is 0 Å². The lowest BCUT2D eigenvalue weighted by Gasteiger charge is -2.19. The van der Waals surface area contributed by atoms with Gasteiger partial charge in [-0.1, -0.05) is 6.07 Å². The number of benzene rings is 1. The summed E-state index contributed by atoms with van der Waals surface area (Å²) < 4.78 is 0. The van der Waals surface area contributed by atoms with Gasteiger partial charge in [0.2, 0.25) is 0 Å². The van der Waals surface area contributed by atoms with E-state index in [2.05, 4.69) is 42.9 Å². The minimum atomic E-state index is 0.116. The second-order valence-electron chi connectivity index (χ2n) is 6.19. The van der Waals surface area contributed by atoms with Gasteiger partial charge in [0.15, 0.2) is 0 Å². The number of aryl methyl sites for hydroxylation is 3. The van der Waals surface area contributed by atoms with Crippen molar-refractivity contribution in [1.29, 1.82) is 0 Å². The minimum Gasteiger partial charge on any atom is -0.342 e. The first-order valence-corrected chi connectivity index (χ1v) is 9.11. The van der Waals surface area contributed by atoms with Gasteiger partial charge in [0, 0.05) is 24.4 Å². The standard InChI is InChI=1S/C19H23N3OS/c1-5-22(19(23)17-11-13(3)14(4)24-17)9-8-18-20-15-7-6-12(2)10-16(15)21-18/h6-7,10-11H,5,8-9H2,1-4H3,(H,20,21). The van der Waals surface area contributed by atoms with E-state index in [0.717, 1.165) is 28.2 Å². The topological polar surface area (TPSA) is 49.0 Å². The lowest BCUT2D eigenvalue weighted by molar-refractivity contribution is 0.0770. The van der Waals surface area contributed by atoms with Gasteiger partial charge in [0.25, 0.3) is 5.91 Å². The number of fused-ring (bicyclic) bond motifs is 1. The normalized spacial score (nSPS) is 11.2. The van der Waals surface area contributed by atoms with Crippen molar-refractivity contribution in [3.63, 3.8) is 0 Å². The average molecular weight is 341 g/mol. The van der Waals surface area contributed by atoms with Crippen LogP contribution < -0.4 is 0 Å². The maximum absolute atomic E-state index is 12.7. The molecule has 3 aromatic rings. The van der Waals surface area contributed by atoms with Crippen LogP contribution in [0.2, 0.25) is 0 Å². The molecule has 2 aromatic heterocycles. The molecule has 0 fully saturated rings. The predicted octanol–water partition coefficient (Wildman–Crippen LogP) is 4.25. The van der Waals surface area contributed by atoms with Gasteiger partial charge in [-0.25, -0.2) is 4.98 Å². The van der Waals surface area contributed by atoms with E-state index in [4.69, 9.17) is 0 Å². The molecule has 3 rings (SSSR count). The van der Waals surface area contributed by atoms with E-state index in [-0.39, 0.29) is 5.91 Å². The molecule has 4 nitrogen and oxygen atoms in total. The van der Waals surface area contributed by atoms with Gasteiger partial charge >= 0.3 is 0 Å². The predicted molar refractivity (Wildman–Crippen MR) is 99.9 cm³/mol. The second-order valence-corrected chi connectivity index (χ2v) is 7.45. The molecule has 2 heterocycles. The van der Waals surface area contributed by atoms with Crippen molar-refractivity contribution < 1.29 is 4.79 Å². The zero-order valence-corrected chi connectivity index (χ0v) is 15.5. The fraction of sp³-hybridized carbons (Fsp3) is 0.368. The maximum Gasteiger partial charge on any atom is 0.263 e. The van der Waals surface area contributed by atoms with Crippen LogP contribution in [-0.2, 0) is 6.42 Å². The van der Waals surface area contributed by atoms with Crippen molar-refractivity contribution in [3.05, 3.63) is 51.0 Å². The molecular weight excluding hydrogens is 318 g/mol. The fourth-order valence-electron chi connectivity index (χ4n) is 2.77. The van der Waals surface area contributed by atoms with Crippen molar-refractivity contribution in [2.75, 3.05) is 13.1 Å². The van der Waals surface area contributed by atoms with Gasteiger partial charge < -0.3 is 9.88 Å². The Balaban J connectivity index is 1.71. The minimum absolute atomic E-state index is 0.116. The van der Waals surface area contributed by atoms with Gasteiger partial charge in [0.1, 0.15) is 5.82 Å². The summed E-state index contributed by atoms with van der Waals surface area (Å²) in [7, 11) is 0. The molecule has 0 bridgehead atoms. The number of hydrogen-bond acceptors (Lipinski definition) is 3. The molecule has 0 saturated carbocycles. The Morgan fingerprint density at radius 2 is 2.04 bits per heavy atom. The molecular formula is C19H23N3OS. The number of imidazole rings is 1. The molecule has 0 aliphatic heterocycles. The highest BCUT2D eigenvalue weighted by atomic mass is 32.1. The summed E-state index contributed by atoms with van der Waals surface area (Å²) in [5.74, 6) is 1.05. The van der Waals surface area contributed by atoms with Crippen LogP contribution in [0.1, 0.15) is 38.4 Å². The van der Waals surface area contributed by atoms with E-state index in [1.807, 2.05) is 24.0 Å². The summed E-state index contributed by atoms with van der Waals surface area (Å²) in [6.07, 6.45) is 0.733. The molecule has 0 saturated heterocycles. The van der Waals surface area contributed by atoms with Crippen LogP contribution in [0.25, 0.3) is 11.0 Å². The Morgan fingerprint density at radius 3 is 2.71 bits per heavy atom. The monoisotopic (exact) mass is 341 g/mol. The van der Waals surface area contributed by atoms with E-state index in [0.29, 0.717) is 13.1 Å². The zero-order chi connectivity index (χ0) is 17.3. The molecule has 24 heavy (non-hydrogen) atoms. The Hall–Kier alpha value is -2.14. The highest BCUT2D eigenvalue weighted by Crippen LogP contribution is 2.22. The lowest BCUT2D eigenvalue weighted by Crippen LogP contribution is -2.32. The van der Waals surface area contributed by atoms with E-state index in [1.165, 1.54) is 16.0 Å². The van der Waals surface area contributed by atoms with Gasteiger partial charge in [-0.2, -0.15) is 0 Å². The number of thiophene rings is 1. The average Bonchev–Trinajstić information content (AvgIpc) is 3.10. The quantitative estimate of drug-likeness (QED) is 0.754. The Kier molecular flexibility index (Phi) is 4.71. The van der Waals surface area contributed by atoms with Crippen molar-refractivity contribution in [1.82, 2.24) is 14.9 Å². The largest absolute Gasteiger partial charge is 0.342 e. The number of hydrogen-bond donors (Lipinski definition) is 1. The molecule has 0 atom stereocenters. The molecule has 0 aliphatic rings. The van der Waals surface area contributed by atoms with Gasteiger partial charge in [-0.05, 0) is 57.0 Å². The van der Waals surface area contributed by atoms with E-state index >= 15 is 0 Å². The smallest absolute Gasteiger partial charge is 0.263 e. The number of aromatic nitrogens is 2. The van der Waals surface area contributed by atoms with Crippen LogP contribution in [0.15, 0.2) is 24.3 Å². The second kappa shape index (κ2) is 6.77. The molecule has 1 amide bonds. The van der Waals surface area contributed by atoms with E-state index in [9.17, 15) is 4.79 Å². The Morgan fingerprint density at radius 1 is 1.25 bits per heavy atom. The molecule has 5 heteroatoms. The van der Waals surface area contributed by atoms with Crippen LogP contribution >= 0.6 is 11.3 Å². The van der Waals surface area contributed by atoms with Crippen LogP contribution in [0.3, 0.4) is 0 Å². The number of carbonyl (C=O) groups excluding carboxylic acids is 1. The first-order chi connectivity index (χ1) is 11.5. The van der Waals surface area contributed by atoms with Crippen molar-refractivity contribution >= 4 is 28.3 Å². The molecule has 126 valence electrons. The van der Waals surface area contributed by atoms with Crippen LogP contribution in [0, 0.1) is 20.8 Å². The molecule has 0 radical (unpaired) electrons. The maximum atomic E-state index is 12.7. The van der Waals surface area contributed by atoms with Crippen LogP contribution in [0.4, 0.5) is 0 Å². The van der Waals surface area contributed by atoms with E-state index in [1.54, 1.807) is 11.3 Å². The first-order valence-electron chi connectivity index (χ1n) is 8.29. The number of amides is 1. The number of H-pyrrole nitrogens is 1. The highest BCUT2D eigenvalue weighted by molar-refractivity contribution is 7.14. The summed E-state index contributed by atoms with van der Waals surface area (Å²) in [5.41, 5.74) is 4.44. The summed E-state index contributed by atoms with van der Waals surface area (Å²) in [5, 5.41) is 0. The fourth-order valence-corrected chi connectivity index (χ4v) is 3.78. The molecule has 1 N–H and O–H groups in total. The molecule has 1 aromatic carbocycles. The lowest BCUT2D eigenvalue weighted by atomic mass is 10.2. The van der Waals surface area contributed by atoms with Crippen molar-refractivity contribution in [2.45, 2.75) is 34.1 Å². The van der Waals surface area contributed by atoms with Gasteiger partial charge in [-0.3, -0.25) is 4.79 Å². The van der Waals surface area contributed by atoms with E-state index < -0.39 is 0 Å². The number of aromatic amines is 1. The number of rotatable bonds is 5. The number of likely N-dealkylation sites (N-methyl/N-ethyl adjacent to an activating group) is 1. The number of carbonyl (C=O) groups is 1. The SMILES string of the molecule is CCN(CCc1nc2ccc(C)cc2[nH]1)C(=O)c1cc(C)c(C)s1. The summed E-state index contributed by atoms with van der Waals surface area (Å²) in [6, 6.07) is 8.20. The summed E-state index contributed by atoms with van der Waals surface area (Å²) >= 11 is 1.58. The third-order valence-electron chi connectivity index (χ3n) is 4.35. The van der Waals surface area contributed by atoms with Gasteiger partial charge in [-0.15, -0.1) is 11.3 Å². The zero-order valence-electron chi connectivity index (χ0n) is 14.6. The Bertz CT molecular complexity index is 858. The molecule has 0 spiro atoms. The van der Waals surface area contributed by atoms with Gasteiger partial charge in [0.05, 0.1) is 15.9 Å².